The van der Waals surface area contributed by atoms with Gasteiger partial charge in [-0.15, -0.1) is 11.3 Å². The number of benzene rings is 2. The Morgan fingerprint density at radius 3 is 2.12 bits per heavy atom. The fourth-order valence-corrected chi connectivity index (χ4v) is 3.15. The highest BCUT2D eigenvalue weighted by molar-refractivity contribution is 7.14. The van der Waals surface area contributed by atoms with Crippen molar-refractivity contribution in [3.63, 3.8) is 0 Å². The summed E-state index contributed by atoms with van der Waals surface area (Å²) in [4.78, 5) is 16.8. The number of thiazole rings is 1. The number of anilines is 1. The van der Waals surface area contributed by atoms with Gasteiger partial charge in [-0.25, -0.2) is 4.98 Å². The molecule has 0 aliphatic carbocycles. The van der Waals surface area contributed by atoms with E-state index in [9.17, 15) is 4.79 Å². The van der Waals surface area contributed by atoms with Gasteiger partial charge in [0.1, 0.15) is 0 Å². The fourth-order valence-electron chi connectivity index (χ4n) is 2.44. The molecule has 0 unspecified atom stereocenters. The molecule has 3 rings (SSSR count). The molecule has 0 aliphatic rings. The first kappa shape index (κ1) is 16.4. The van der Waals surface area contributed by atoms with Crippen molar-refractivity contribution in [3.05, 3.63) is 70.6 Å². The van der Waals surface area contributed by atoms with Gasteiger partial charge >= 0.3 is 0 Å². The summed E-state index contributed by atoms with van der Waals surface area (Å²) in [7, 11) is 0. The number of nitrogens with zero attached hydrogens (tertiary/aromatic N) is 1. The minimum absolute atomic E-state index is 0.125. The highest BCUT2D eigenvalue weighted by atomic mass is 32.1. The van der Waals surface area contributed by atoms with Gasteiger partial charge < -0.3 is 0 Å². The summed E-state index contributed by atoms with van der Waals surface area (Å²) >= 11 is 1.44. The number of carbonyl (C=O) groups is 1. The van der Waals surface area contributed by atoms with Crippen LogP contribution in [-0.4, -0.2) is 10.9 Å². The van der Waals surface area contributed by atoms with E-state index < -0.39 is 0 Å². The standard InChI is InChI=1S/C20H20N2OS/c1-3-14-5-9-16(10-6-14)18-13-24-20(21-18)22-19(23)17-11-7-15(4-2)8-12-17/h5-13H,3-4H2,1-2H3,(H,21,22,23). The van der Waals surface area contributed by atoms with Gasteiger partial charge in [0.2, 0.25) is 0 Å². The van der Waals surface area contributed by atoms with E-state index in [0.717, 1.165) is 24.1 Å². The van der Waals surface area contributed by atoms with Gasteiger partial charge in [0.15, 0.2) is 5.13 Å². The SMILES string of the molecule is CCc1ccc(C(=O)Nc2nc(-c3ccc(CC)cc3)cs2)cc1. The van der Waals surface area contributed by atoms with Crippen molar-refractivity contribution >= 4 is 22.4 Å². The van der Waals surface area contributed by atoms with Gasteiger partial charge in [0.05, 0.1) is 5.69 Å². The van der Waals surface area contributed by atoms with Crippen molar-refractivity contribution in [1.82, 2.24) is 4.98 Å². The number of hydrogen-bond acceptors (Lipinski definition) is 3. The second-order valence-corrected chi connectivity index (χ2v) is 6.45. The van der Waals surface area contributed by atoms with Crippen LogP contribution in [0.5, 0.6) is 0 Å². The molecule has 0 atom stereocenters. The van der Waals surface area contributed by atoms with E-state index in [1.54, 1.807) is 0 Å². The third-order valence-corrected chi connectivity index (χ3v) is 4.76. The van der Waals surface area contributed by atoms with Crippen molar-refractivity contribution in [1.29, 1.82) is 0 Å². The Kier molecular flexibility index (Phi) is 5.06. The Labute approximate surface area is 146 Å². The first-order valence-electron chi connectivity index (χ1n) is 8.14. The van der Waals surface area contributed by atoms with E-state index in [4.69, 9.17) is 0 Å². The lowest BCUT2D eigenvalue weighted by Crippen LogP contribution is -2.11. The lowest BCUT2D eigenvalue weighted by Gasteiger charge is -2.03. The van der Waals surface area contributed by atoms with Crippen LogP contribution in [0.2, 0.25) is 0 Å². The van der Waals surface area contributed by atoms with Crippen LogP contribution in [0, 0.1) is 0 Å². The van der Waals surface area contributed by atoms with Crippen LogP contribution < -0.4 is 5.32 Å². The molecule has 0 saturated heterocycles. The number of aryl methyl sites for hydroxylation is 2. The lowest BCUT2D eigenvalue weighted by molar-refractivity contribution is 0.102. The molecule has 0 aliphatic heterocycles. The number of nitrogens with one attached hydrogen (secondary N) is 1. The highest BCUT2D eigenvalue weighted by Crippen LogP contribution is 2.25. The van der Waals surface area contributed by atoms with E-state index in [-0.39, 0.29) is 5.91 Å². The first-order valence-corrected chi connectivity index (χ1v) is 9.02. The summed E-state index contributed by atoms with van der Waals surface area (Å²) in [5, 5.41) is 5.47. The van der Waals surface area contributed by atoms with Crippen LogP contribution in [0.25, 0.3) is 11.3 Å². The van der Waals surface area contributed by atoms with Gasteiger partial charge in [-0.2, -0.15) is 0 Å². The van der Waals surface area contributed by atoms with E-state index in [0.29, 0.717) is 10.7 Å². The summed E-state index contributed by atoms with van der Waals surface area (Å²) in [6, 6.07) is 16.0. The van der Waals surface area contributed by atoms with Crippen LogP contribution in [0.15, 0.2) is 53.9 Å². The molecular weight excluding hydrogens is 316 g/mol. The predicted octanol–water partition coefficient (Wildman–Crippen LogP) is 5.19. The first-order chi connectivity index (χ1) is 11.7. The zero-order valence-electron chi connectivity index (χ0n) is 13.9. The molecule has 122 valence electrons. The van der Waals surface area contributed by atoms with Crippen molar-refractivity contribution in [3.8, 4) is 11.3 Å². The maximum Gasteiger partial charge on any atom is 0.257 e. The Morgan fingerprint density at radius 2 is 1.54 bits per heavy atom. The van der Waals surface area contributed by atoms with Gasteiger partial charge in [-0.05, 0) is 36.1 Å². The van der Waals surface area contributed by atoms with E-state index in [1.165, 1.54) is 22.5 Å². The molecule has 0 bridgehead atoms. The van der Waals surface area contributed by atoms with Crippen molar-refractivity contribution in [2.24, 2.45) is 0 Å². The maximum atomic E-state index is 12.3. The average Bonchev–Trinajstić information content (AvgIpc) is 3.10. The Hall–Kier alpha value is -2.46. The third-order valence-electron chi connectivity index (χ3n) is 4.01. The number of rotatable bonds is 5. The Bertz CT molecular complexity index is 820. The minimum atomic E-state index is -0.125. The Morgan fingerprint density at radius 1 is 0.958 bits per heavy atom. The fraction of sp³-hybridized carbons (Fsp3) is 0.200. The molecule has 1 aromatic heterocycles. The van der Waals surface area contributed by atoms with Gasteiger partial charge in [0, 0.05) is 16.5 Å². The number of aromatic nitrogens is 1. The number of amides is 1. The number of hydrogen-bond donors (Lipinski definition) is 1. The average molecular weight is 336 g/mol. The molecule has 1 N–H and O–H groups in total. The molecule has 3 aromatic rings. The second-order valence-electron chi connectivity index (χ2n) is 5.59. The van der Waals surface area contributed by atoms with Crippen LogP contribution >= 0.6 is 11.3 Å². The summed E-state index contributed by atoms with van der Waals surface area (Å²) in [5.74, 6) is -0.125. The molecule has 4 heteroatoms. The van der Waals surface area contributed by atoms with E-state index in [2.05, 4.69) is 48.4 Å². The number of carbonyl (C=O) groups excluding carboxylic acids is 1. The molecule has 0 fully saturated rings. The molecule has 0 spiro atoms. The second kappa shape index (κ2) is 7.41. The van der Waals surface area contributed by atoms with Gasteiger partial charge in [-0.3, -0.25) is 10.1 Å². The monoisotopic (exact) mass is 336 g/mol. The minimum Gasteiger partial charge on any atom is -0.298 e. The molecule has 0 saturated carbocycles. The van der Waals surface area contributed by atoms with Gasteiger partial charge in [0.25, 0.3) is 5.91 Å². The zero-order chi connectivity index (χ0) is 16.9. The van der Waals surface area contributed by atoms with E-state index >= 15 is 0 Å². The van der Waals surface area contributed by atoms with Crippen LogP contribution in [-0.2, 0) is 12.8 Å². The zero-order valence-corrected chi connectivity index (χ0v) is 14.7. The summed E-state index contributed by atoms with van der Waals surface area (Å²) in [5.41, 5.74) is 5.13. The molecule has 1 amide bonds. The summed E-state index contributed by atoms with van der Waals surface area (Å²) < 4.78 is 0. The maximum absolute atomic E-state index is 12.3. The van der Waals surface area contributed by atoms with E-state index in [1.807, 2.05) is 29.6 Å². The predicted molar refractivity (Wildman–Crippen MR) is 101 cm³/mol. The molecule has 1 heterocycles. The van der Waals surface area contributed by atoms with Crippen molar-refractivity contribution in [2.75, 3.05) is 5.32 Å². The quantitative estimate of drug-likeness (QED) is 0.697. The summed E-state index contributed by atoms with van der Waals surface area (Å²) in [6.45, 7) is 4.23. The third kappa shape index (κ3) is 3.71. The molecule has 3 nitrogen and oxygen atoms in total. The van der Waals surface area contributed by atoms with Crippen molar-refractivity contribution < 1.29 is 4.79 Å². The smallest absolute Gasteiger partial charge is 0.257 e. The van der Waals surface area contributed by atoms with Crippen LogP contribution in [0.3, 0.4) is 0 Å². The summed E-state index contributed by atoms with van der Waals surface area (Å²) in [6.07, 6.45) is 1.99. The largest absolute Gasteiger partial charge is 0.298 e. The highest BCUT2D eigenvalue weighted by Gasteiger charge is 2.10. The normalized spacial score (nSPS) is 10.6. The van der Waals surface area contributed by atoms with Gasteiger partial charge in [-0.1, -0.05) is 50.2 Å². The van der Waals surface area contributed by atoms with Crippen LogP contribution in [0.4, 0.5) is 5.13 Å². The molecule has 2 aromatic carbocycles. The van der Waals surface area contributed by atoms with Crippen molar-refractivity contribution in [2.45, 2.75) is 26.7 Å². The Balaban J connectivity index is 1.71. The van der Waals surface area contributed by atoms with Crippen LogP contribution in [0.1, 0.15) is 35.3 Å². The molecule has 24 heavy (non-hydrogen) atoms. The molecule has 0 radical (unpaired) electrons. The topological polar surface area (TPSA) is 42.0 Å². The molecular formula is C20H20N2OS. The lowest BCUT2D eigenvalue weighted by atomic mass is 10.1.